The summed E-state index contributed by atoms with van der Waals surface area (Å²) in [5.41, 5.74) is -0.0258. The van der Waals surface area contributed by atoms with E-state index in [1.807, 2.05) is 0 Å². The van der Waals surface area contributed by atoms with Crippen molar-refractivity contribution in [1.82, 2.24) is 0 Å². The second-order valence-corrected chi connectivity index (χ2v) is 12.9. The van der Waals surface area contributed by atoms with Gasteiger partial charge in [-0.25, -0.2) is 8.42 Å². The molecule has 0 aliphatic heterocycles. The molecule has 0 radical (unpaired) electrons. The van der Waals surface area contributed by atoms with Crippen molar-refractivity contribution in [2.45, 2.75) is 33.1 Å². The smallest absolute Gasteiger partial charge is 0.324 e. The molecule has 2 aromatic carbocycles. The van der Waals surface area contributed by atoms with Crippen molar-refractivity contribution in [2.75, 3.05) is 10.6 Å². The molecule has 0 spiro atoms. The van der Waals surface area contributed by atoms with Crippen LogP contribution in [0.4, 0.5) is 11.4 Å². The molecule has 6 N–H and O–H groups in total. The molecule has 19 heteroatoms. The number of carbonyl (C=O) groups is 4. The second kappa shape index (κ2) is 11.9. The minimum atomic E-state index is -5.05. The standard InChI is InChI=1S/C20H20N2O14S3/c23-17(9-15(19(25)26)38(31,32)33)21-11-1-5-13(6-2-11)37(29,30)14-7-3-12(4-8-14)22-18(24)10-16(20(27)28)39(34,35)36/h1-8,15-16H,9-10H2,(H,21,23)(H,22,24)(H,25,26)(H,27,28)(H,31,32,33)(H,34,35,36)/t15-,16+. The van der Waals surface area contributed by atoms with Crippen LogP contribution in [-0.2, 0) is 49.3 Å². The van der Waals surface area contributed by atoms with Gasteiger partial charge in [0, 0.05) is 11.4 Å². The molecule has 39 heavy (non-hydrogen) atoms. The fourth-order valence-electron chi connectivity index (χ4n) is 2.97. The molecule has 0 unspecified atom stereocenters. The summed E-state index contributed by atoms with van der Waals surface area (Å²) in [4.78, 5) is 45.3. The first-order chi connectivity index (χ1) is 17.8. The Kier molecular flexibility index (Phi) is 9.52. The highest BCUT2D eigenvalue weighted by atomic mass is 32.2. The van der Waals surface area contributed by atoms with Gasteiger partial charge in [-0.3, -0.25) is 28.3 Å². The van der Waals surface area contributed by atoms with Gasteiger partial charge in [-0.15, -0.1) is 0 Å². The highest BCUT2D eigenvalue weighted by molar-refractivity contribution is 7.91. The zero-order chi connectivity index (χ0) is 29.8. The third-order valence-corrected chi connectivity index (χ3v) is 8.87. The average Bonchev–Trinajstić information content (AvgIpc) is 2.80. The Morgan fingerprint density at radius 3 is 1.10 bits per heavy atom. The lowest BCUT2D eigenvalue weighted by Gasteiger charge is -2.11. The first-order valence-electron chi connectivity index (χ1n) is 10.3. The maximum atomic E-state index is 12.9. The fourth-order valence-corrected chi connectivity index (χ4v) is 5.47. The Labute approximate surface area is 221 Å². The molecule has 0 aromatic heterocycles. The lowest BCUT2D eigenvalue weighted by atomic mass is 10.2. The third kappa shape index (κ3) is 8.55. The topological polar surface area (TPSA) is 276 Å². The van der Waals surface area contributed by atoms with Crippen LogP contribution >= 0.6 is 0 Å². The number of rotatable bonds is 12. The van der Waals surface area contributed by atoms with Crippen LogP contribution in [0.3, 0.4) is 0 Å². The van der Waals surface area contributed by atoms with Crippen molar-refractivity contribution in [3.8, 4) is 0 Å². The van der Waals surface area contributed by atoms with Gasteiger partial charge in [0.2, 0.25) is 21.7 Å². The monoisotopic (exact) mass is 608 g/mol. The fraction of sp³-hybridized carbons (Fsp3) is 0.200. The molecular weight excluding hydrogens is 588 g/mol. The Morgan fingerprint density at radius 2 is 0.872 bits per heavy atom. The zero-order valence-electron chi connectivity index (χ0n) is 19.3. The number of benzene rings is 2. The van der Waals surface area contributed by atoms with E-state index in [1.165, 1.54) is 0 Å². The van der Waals surface area contributed by atoms with Gasteiger partial charge in [-0.05, 0) is 48.5 Å². The minimum Gasteiger partial charge on any atom is -0.480 e. The lowest BCUT2D eigenvalue weighted by Crippen LogP contribution is -2.33. The molecule has 0 saturated heterocycles. The molecule has 0 bridgehead atoms. The summed E-state index contributed by atoms with van der Waals surface area (Å²) in [5.74, 6) is -6.05. The largest absolute Gasteiger partial charge is 0.480 e. The van der Waals surface area contributed by atoms with E-state index in [-0.39, 0.29) is 21.2 Å². The van der Waals surface area contributed by atoms with Crippen LogP contribution in [-0.4, -0.2) is 78.8 Å². The van der Waals surface area contributed by atoms with E-state index < -0.39 is 77.2 Å². The van der Waals surface area contributed by atoms with Crippen LogP contribution in [0.1, 0.15) is 12.8 Å². The summed E-state index contributed by atoms with van der Waals surface area (Å²) in [5, 5.41) is 17.2. The van der Waals surface area contributed by atoms with Crippen LogP contribution in [0, 0.1) is 0 Å². The first kappa shape index (κ1) is 31.3. The van der Waals surface area contributed by atoms with Gasteiger partial charge < -0.3 is 20.8 Å². The normalized spacial score (nSPS) is 13.6. The van der Waals surface area contributed by atoms with E-state index in [9.17, 15) is 44.4 Å². The predicted octanol–water partition coefficient (Wildman–Crippen LogP) is -0.141. The first-order valence-corrected chi connectivity index (χ1v) is 14.7. The van der Waals surface area contributed by atoms with Gasteiger partial charge in [-0.1, -0.05) is 0 Å². The SMILES string of the molecule is O=C(C[C@H](C(=O)O)S(=O)(=O)O)Nc1ccc(S(=O)(=O)c2ccc(NC(=O)C[C@@H](C(=O)O)S(=O)(=O)O)cc2)cc1. The van der Waals surface area contributed by atoms with Gasteiger partial charge in [-0.2, -0.15) is 16.8 Å². The lowest BCUT2D eigenvalue weighted by molar-refractivity contribution is -0.138. The minimum absolute atomic E-state index is 0.0129. The molecule has 0 aliphatic carbocycles. The number of amides is 2. The Balaban J connectivity index is 2.11. The maximum Gasteiger partial charge on any atom is 0.324 e. The van der Waals surface area contributed by atoms with E-state index in [0.717, 1.165) is 48.5 Å². The molecule has 0 saturated carbocycles. The number of anilines is 2. The molecule has 2 amide bonds. The highest BCUT2D eigenvalue weighted by Crippen LogP contribution is 2.24. The Morgan fingerprint density at radius 1 is 0.590 bits per heavy atom. The second-order valence-electron chi connectivity index (χ2n) is 7.74. The predicted molar refractivity (Wildman–Crippen MR) is 131 cm³/mol. The molecular formula is C20H20N2O14S3. The van der Waals surface area contributed by atoms with E-state index in [0.29, 0.717) is 0 Å². The van der Waals surface area contributed by atoms with E-state index in [1.54, 1.807) is 0 Å². The summed E-state index contributed by atoms with van der Waals surface area (Å²) >= 11 is 0. The number of carboxylic acid groups (broad SMARTS) is 2. The number of carboxylic acids is 2. The van der Waals surface area contributed by atoms with Crippen molar-refractivity contribution in [2.24, 2.45) is 0 Å². The van der Waals surface area contributed by atoms with Crippen LogP contribution in [0.25, 0.3) is 0 Å². The van der Waals surface area contributed by atoms with E-state index in [2.05, 4.69) is 10.6 Å². The van der Waals surface area contributed by atoms with Crippen LogP contribution in [0.15, 0.2) is 58.3 Å². The van der Waals surface area contributed by atoms with Crippen molar-refractivity contribution in [3.63, 3.8) is 0 Å². The Hall–Kier alpha value is -3.91. The molecule has 0 aliphatic rings. The van der Waals surface area contributed by atoms with Crippen LogP contribution in [0.2, 0.25) is 0 Å². The van der Waals surface area contributed by atoms with Gasteiger partial charge in [0.25, 0.3) is 20.2 Å². The number of aliphatic carboxylic acids is 2. The van der Waals surface area contributed by atoms with Gasteiger partial charge in [0.15, 0.2) is 10.5 Å². The summed E-state index contributed by atoms with van der Waals surface area (Å²) in [6, 6.07) is 8.87. The van der Waals surface area contributed by atoms with Gasteiger partial charge in [0.05, 0.1) is 22.6 Å². The van der Waals surface area contributed by atoms with Crippen molar-refractivity contribution in [3.05, 3.63) is 48.5 Å². The van der Waals surface area contributed by atoms with Crippen LogP contribution < -0.4 is 10.6 Å². The zero-order valence-corrected chi connectivity index (χ0v) is 21.7. The third-order valence-electron chi connectivity index (χ3n) is 4.91. The highest BCUT2D eigenvalue weighted by Gasteiger charge is 2.34. The molecule has 2 aromatic rings. The van der Waals surface area contributed by atoms with Gasteiger partial charge in [0.1, 0.15) is 0 Å². The summed E-state index contributed by atoms with van der Waals surface area (Å²) in [6.07, 6.45) is -2.21. The molecule has 2 atom stereocenters. The summed E-state index contributed by atoms with van der Waals surface area (Å²) in [6.45, 7) is 0. The van der Waals surface area contributed by atoms with E-state index >= 15 is 0 Å². The molecule has 0 fully saturated rings. The number of nitrogens with one attached hydrogen (secondary N) is 2. The maximum absolute atomic E-state index is 12.9. The quantitative estimate of drug-likeness (QED) is 0.171. The number of carbonyl (C=O) groups excluding carboxylic acids is 2. The Bertz CT molecular complexity index is 1480. The molecule has 212 valence electrons. The van der Waals surface area contributed by atoms with E-state index in [4.69, 9.17) is 19.3 Å². The molecule has 2 rings (SSSR count). The van der Waals surface area contributed by atoms with Crippen molar-refractivity contribution >= 4 is 65.2 Å². The van der Waals surface area contributed by atoms with Gasteiger partial charge >= 0.3 is 11.9 Å². The summed E-state index contributed by atoms with van der Waals surface area (Å²) in [7, 11) is -14.2. The van der Waals surface area contributed by atoms with Crippen LogP contribution in [0.5, 0.6) is 0 Å². The van der Waals surface area contributed by atoms with Crippen molar-refractivity contribution < 1.29 is 63.8 Å². The average molecular weight is 609 g/mol. The number of sulfone groups is 1. The molecule has 16 nitrogen and oxygen atoms in total. The number of hydrogen-bond donors (Lipinski definition) is 6. The summed E-state index contributed by atoms with van der Waals surface area (Å²) < 4.78 is 87.9. The van der Waals surface area contributed by atoms with Crippen molar-refractivity contribution in [1.29, 1.82) is 0 Å². The molecule has 0 heterocycles. The number of hydrogen-bond acceptors (Lipinski definition) is 10.